The summed E-state index contributed by atoms with van der Waals surface area (Å²) in [5, 5.41) is 24.4. The third kappa shape index (κ3) is 5.91. The maximum absolute atomic E-state index is 12.9. The van der Waals surface area contributed by atoms with E-state index in [1.54, 1.807) is 0 Å². The summed E-state index contributed by atoms with van der Waals surface area (Å²) >= 11 is 0. The molecular formula is C24H23N3O5. The van der Waals surface area contributed by atoms with Crippen LogP contribution in [0, 0.1) is 0 Å². The first-order chi connectivity index (χ1) is 15.5. The lowest BCUT2D eigenvalue weighted by molar-refractivity contribution is -0.137. The molecule has 0 aliphatic carbocycles. The number of aromatic hydroxyl groups is 1. The largest absolute Gasteiger partial charge is 0.507 e. The number of nitrogens with zero attached hydrogens (tertiary/aromatic N) is 1. The van der Waals surface area contributed by atoms with Gasteiger partial charge in [-0.2, -0.15) is 0 Å². The van der Waals surface area contributed by atoms with E-state index in [0.717, 1.165) is 23.4 Å². The number of carboxylic acid groups (broad SMARTS) is 1. The highest BCUT2D eigenvalue weighted by molar-refractivity contribution is 5.99. The quantitative estimate of drug-likeness (QED) is 0.384. The highest BCUT2D eigenvalue weighted by atomic mass is 16.4. The van der Waals surface area contributed by atoms with Crippen LogP contribution in [0.2, 0.25) is 0 Å². The van der Waals surface area contributed by atoms with Crippen molar-refractivity contribution in [1.82, 2.24) is 15.6 Å². The van der Waals surface area contributed by atoms with Crippen LogP contribution in [0.5, 0.6) is 5.75 Å². The second-order valence-corrected chi connectivity index (χ2v) is 7.07. The van der Waals surface area contributed by atoms with Gasteiger partial charge in [0.1, 0.15) is 11.4 Å². The van der Waals surface area contributed by atoms with Gasteiger partial charge in [-0.25, -0.2) is 4.98 Å². The van der Waals surface area contributed by atoms with Crippen molar-refractivity contribution in [3.8, 4) is 5.75 Å². The topological polar surface area (TPSA) is 129 Å². The minimum absolute atomic E-state index is 0.0655. The maximum atomic E-state index is 12.9. The number of amides is 2. The van der Waals surface area contributed by atoms with Crippen LogP contribution in [0.1, 0.15) is 50.9 Å². The van der Waals surface area contributed by atoms with Crippen LogP contribution >= 0.6 is 0 Å². The number of carbonyl (C=O) groups is 3. The van der Waals surface area contributed by atoms with E-state index in [2.05, 4.69) is 15.6 Å². The van der Waals surface area contributed by atoms with E-state index in [4.69, 9.17) is 5.11 Å². The van der Waals surface area contributed by atoms with Crippen LogP contribution < -0.4 is 10.6 Å². The molecule has 1 heterocycles. The molecule has 8 nitrogen and oxygen atoms in total. The number of benzene rings is 2. The number of nitrogens with one attached hydrogen (secondary N) is 2. The lowest BCUT2D eigenvalue weighted by Gasteiger charge is -2.20. The van der Waals surface area contributed by atoms with Crippen molar-refractivity contribution < 1.29 is 24.6 Å². The first-order valence-corrected chi connectivity index (χ1v) is 10.1. The van der Waals surface area contributed by atoms with Crippen molar-refractivity contribution in [2.45, 2.75) is 18.9 Å². The van der Waals surface area contributed by atoms with E-state index in [1.807, 2.05) is 60.7 Å². The van der Waals surface area contributed by atoms with Crippen molar-refractivity contribution >= 4 is 17.8 Å². The second-order valence-electron chi connectivity index (χ2n) is 7.07. The summed E-state index contributed by atoms with van der Waals surface area (Å²) in [6, 6.07) is 19.5. The minimum atomic E-state index is -0.949. The SMILES string of the molecule is O=C(O)CCCNC(=O)c1cc(O)c(C(=O)NC(c2ccccc2)c2ccccc2)cn1. The van der Waals surface area contributed by atoms with Crippen molar-refractivity contribution in [2.24, 2.45) is 0 Å². The Morgan fingerprint density at radius 2 is 1.50 bits per heavy atom. The highest BCUT2D eigenvalue weighted by Crippen LogP contribution is 2.24. The van der Waals surface area contributed by atoms with Crippen LogP contribution in [0.25, 0.3) is 0 Å². The monoisotopic (exact) mass is 433 g/mol. The molecule has 0 spiro atoms. The Bertz CT molecular complexity index is 1050. The Labute approximate surface area is 184 Å². The molecule has 4 N–H and O–H groups in total. The Morgan fingerprint density at radius 1 is 0.906 bits per heavy atom. The average Bonchev–Trinajstić information content (AvgIpc) is 2.81. The third-order valence-electron chi connectivity index (χ3n) is 4.75. The fourth-order valence-corrected chi connectivity index (χ4v) is 3.13. The number of rotatable bonds is 9. The zero-order chi connectivity index (χ0) is 22.9. The first kappa shape index (κ1) is 22.5. The molecule has 0 radical (unpaired) electrons. The van der Waals surface area contributed by atoms with Gasteiger partial charge in [0.25, 0.3) is 11.8 Å². The fraction of sp³-hybridized carbons (Fsp3) is 0.167. The number of carboxylic acids is 1. The first-order valence-electron chi connectivity index (χ1n) is 10.1. The molecule has 0 aliphatic heterocycles. The average molecular weight is 433 g/mol. The fourth-order valence-electron chi connectivity index (χ4n) is 3.13. The molecule has 0 atom stereocenters. The molecule has 0 unspecified atom stereocenters. The molecule has 2 aromatic carbocycles. The van der Waals surface area contributed by atoms with Crippen molar-refractivity contribution in [2.75, 3.05) is 6.54 Å². The Kier molecular flexibility index (Phi) is 7.53. The normalized spacial score (nSPS) is 10.5. The van der Waals surface area contributed by atoms with Crippen LogP contribution in [0.15, 0.2) is 72.9 Å². The van der Waals surface area contributed by atoms with Gasteiger partial charge in [-0.05, 0) is 17.5 Å². The van der Waals surface area contributed by atoms with Gasteiger partial charge in [0.2, 0.25) is 0 Å². The molecule has 2 amide bonds. The molecule has 1 aromatic heterocycles. The van der Waals surface area contributed by atoms with E-state index in [0.29, 0.717) is 0 Å². The van der Waals surface area contributed by atoms with Crippen LogP contribution in [-0.2, 0) is 4.79 Å². The molecule has 0 fully saturated rings. The van der Waals surface area contributed by atoms with Crippen molar-refractivity contribution in [3.63, 3.8) is 0 Å². The van der Waals surface area contributed by atoms with Gasteiger partial charge < -0.3 is 20.8 Å². The van der Waals surface area contributed by atoms with E-state index in [9.17, 15) is 19.5 Å². The number of aromatic nitrogens is 1. The summed E-state index contributed by atoms with van der Waals surface area (Å²) in [5.41, 5.74) is 1.61. The molecule has 0 bridgehead atoms. The highest BCUT2D eigenvalue weighted by Gasteiger charge is 2.21. The molecule has 3 rings (SSSR count). The van der Waals surface area contributed by atoms with Gasteiger partial charge in [-0.1, -0.05) is 60.7 Å². The zero-order valence-electron chi connectivity index (χ0n) is 17.2. The van der Waals surface area contributed by atoms with Gasteiger partial charge in [-0.15, -0.1) is 0 Å². The predicted octanol–water partition coefficient (Wildman–Crippen LogP) is 2.90. The van der Waals surface area contributed by atoms with Crippen molar-refractivity contribution in [1.29, 1.82) is 0 Å². The van der Waals surface area contributed by atoms with Crippen LogP contribution in [0.4, 0.5) is 0 Å². The Morgan fingerprint density at radius 3 is 2.03 bits per heavy atom. The summed E-state index contributed by atoms with van der Waals surface area (Å²) in [4.78, 5) is 39.5. The molecule has 0 saturated heterocycles. The summed E-state index contributed by atoms with van der Waals surface area (Å²) in [7, 11) is 0. The summed E-state index contributed by atoms with van der Waals surface area (Å²) in [5.74, 6) is -2.44. The second kappa shape index (κ2) is 10.7. The van der Waals surface area contributed by atoms with Gasteiger partial charge >= 0.3 is 5.97 Å². The molecule has 164 valence electrons. The smallest absolute Gasteiger partial charge is 0.303 e. The molecular weight excluding hydrogens is 410 g/mol. The number of aliphatic carboxylic acids is 1. The summed E-state index contributed by atoms with van der Waals surface area (Å²) < 4.78 is 0. The number of carbonyl (C=O) groups excluding carboxylic acids is 2. The number of hydrogen-bond acceptors (Lipinski definition) is 5. The maximum Gasteiger partial charge on any atom is 0.303 e. The van der Waals surface area contributed by atoms with E-state index in [1.165, 1.54) is 0 Å². The number of pyridine rings is 1. The van der Waals surface area contributed by atoms with Crippen LogP contribution in [-0.4, -0.2) is 39.5 Å². The van der Waals surface area contributed by atoms with Crippen LogP contribution in [0.3, 0.4) is 0 Å². The van der Waals surface area contributed by atoms with Gasteiger partial charge in [0, 0.05) is 25.2 Å². The van der Waals surface area contributed by atoms with E-state index in [-0.39, 0.29) is 36.4 Å². The van der Waals surface area contributed by atoms with Gasteiger partial charge in [0.15, 0.2) is 0 Å². The lowest BCUT2D eigenvalue weighted by atomic mass is 9.98. The molecule has 3 aromatic rings. The standard InChI is InChI=1S/C24H23N3O5/c28-20-14-19(24(32)25-13-7-12-21(29)30)26-15-18(20)23(31)27-22(16-8-3-1-4-9-16)17-10-5-2-6-11-17/h1-6,8-11,14-15,22H,7,12-13H2,(H,25,32)(H,26,28)(H,27,31)(H,29,30). The lowest BCUT2D eigenvalue weighted by Crippen LogP contribution is -2.30. The molecule has 8 heteroatoms. The third-order valence-corrected chi connectivity index (χ3v) is 4.75. The van der Waals surface area contributed by atoms with Gasteiger partial charge in [0.05, 0.1) is 11.6 Å². The minimum Gasteiger partial charge on any atom is -0.507 e. The van der Waals surface area contributed by atoms with E-state index < -0.39 is 23.8 Å². The van der Waals surface area contributed by atoms with E-state index >= 15 is 0 Å². The molecule has 0 saturated carbocycles. The van der Waals surface area contributed by atoms with Gasteiger partial charge in [-0.3, -0.25) is 14.4 Å². The Hall–Kier alpha value is -4.20. The Balaban J connectivity index is 1.73. The molecule has 0 aliphatic rings. The predicted molar refractivity (Wildman–Crippen MR) is 117 cm³/mol. The summed E-state index contributed by atoms with van der Waals surface area (Å²) in [6.45, 7) is 0.158. The molecule has 32 heavy (non-hydrogen) atoms. The number of hydrogen-bond donors (Lipinski definition) is 4. The summed E-state index contributed by atoms with van der Waals surface area (Å²) in [6.07, 6.45) is 1.35. The van der Waals surface area contributed by atoms with Crippen molar-refractivity contribution in [3.05, 3.63) is 95.3 Å². The zero-order valence-corrected chi connectivity index (χ0v) is 17.2.